The topological polar surface area (TPSA) is 158 Å². The fourth-order valence-corrected chi connectivity index (χ4v) is 3.76. The Morgan fingerprint density at radius 1 is 1.12 bits per heavy atom. The lowest BCUT2D eigenvalue weighted by molar-refractivity contribution is -0.118. The molecule has 11 heteroatoms. The molecule has 0 saturated carbocycles. The fraction of sp³-hybridized carbons (Fsp3) is 0.348. The zero-order chi connectivity index (χ0) is 23.9. The van der Waals surface area contributed by atoms with Crippen molar-refractivity contribution in [2.75, 3.05) is 25.0 Å². The first kappa shape index (κ1) is 23.2. The Labute approximate surface area is 195 Å². The van der Waals surface area contributed by atoms with Crippen molar-refractivity contribution in [3.05, 3.63) is 47.5 Å². The number of carbonyl (C=O) groups excluding carboxylic acids is 2. The quantitative estimate of drug-likeness (QED) is 0.391. The van der Waals surface area contributed by atoms with Gasteiger partial charge in [-0.3, -0.25) is 9.59 Å². The summed E-state index contributed by atoms with van der Waals surface area (Å²) < 4.78 is 5.29. The van der Waals surface area contributed by atoms with Crippen LogP contribution in [0.1, 0.15) is 52.1 Å². The van der Waals surface area contributed by atoms with E-state index in [9.17, 15) is 14.4 Å². The first-order chi connectivity index (χ1) is 16.5. The van der Waals surface area contributed by atoms with E-state index in [1.54, 1.807) is 18.2 Å². The number of amides is 2. The number of aromatic nitrogens is 3. The molecule has 3 aromatic rings. The summed E-state index contributed by atoms with van der Waals surface area (Å²) in [5.74, 6) is -1.31. The molecule has 0 atom stereocenters. The Morgan fingerprint density at radius 3 is 2.68 bits per heavy atom. The number of nitrogens with one attached hydrogen (secondary N) is 4. The number of hydrogen-bond acceptors (Lipinski definition) is 7. The minimum absolute atomic E-state index is 0.0265. The van der Waals surface area contributed by atoms with Crippen molar-refractivity contribution in [2.45, 2.75) is 32.2 Å². The van der Waals surface area contributed by atoms with E-state index in [1.165, 1.54) is 45.0 Å². The molecule has 0 spiro atoms. The Morgan fingerprint density at radius 2 is 1.91 bits per heavy atom. The summed E-state index contributed by atoms with van der Waals surface area (Å²) in [5, 5.41) is 17.9. The second-order valence-electron chi connectivity index (χ2n) is 7.97. The fourth-order valence-electron chi connectivity index (χ4n) is 3.76. The van der Waals surface area contributed by atoms with Crippen molar-refractivity contribution in [1.82, 2.24) is 25.6 Å². The number of ether oxygens (including phenoxy) is 1. The molecule has 5 N–H and O–H groups in total. The molecule has 2 aromatic heterocycles. The molecule has 1 fully saturated rings. The lowest BCUT2D eigenvalue weighted by Crippen LogP contribution is -2.26. The molecule has 34 heavy (non-hydrogen) atoms. The number of H-pyrrole nitrogens is 1. The van der Waals surface area contributed by atoms with Gasteiger partial charge >= 0.3 is 5.97 Å². The van der Waals surface area contributed by atoms with E-state index >= 15 is 0 Å². The summed E-state index contributed by atoms with van der Waals surface area (Å²) in [6, 6.07) is 5.19. The van der Waals surface area contributed by atoms with Crippen LogP contribution in [0, 0.1) is 0 Å². The Balaban J connectivity index is 0.000000336. The van der Waals surface area contributed by atoms with Gasteiger partial charge in [0.1, 0.15) is 23.2 Å². The van der Waals surface area contributed by atoms with Crippen LogP contribution >= 0.6 is 0 Å². The normalized spacial score (nSPS) is 15.1. The van der Waals surface area contributed by atoms with Gasteiger partial charge in [-0.2, -0.15) is 0 Å². The monoisotopic (exact) mass is 466 g/mol. The van der Waals surface area contributed by atoms with Crippen LogP contribution in [0.25, 0.3) is 11.0 Å². The van der Waals surface area contributed by atoms with E-state index in [1.807, 2.05) is 0 Å². The lowest BCUT2D eigenvalue weighted by Gasteiger charge is -2.18. The highest BCUT2D eigenvalue weighted by atomic mass is 16.5. The van der Waals surface area contributed by atoms with Gasteiger partial charge in [-0.05, 0) is 43.6 Å². The maximum Gasteiger partial charge on any atom is 0.339 e. The molecule has 11 nitrogen and oxygen atoms in total. The SMILES string of the molecule is C1CCCNCC1.O=C1COc2ccc(CNC(=O)c3ncnc4c(C(=O)O)c[nH]c34)cc2N1. The smallest absolute Gasteiger partial charge is 0.339 e. The number of carbonyl (C=O) groups is 3. The molecule has 2 aliphatic rings. The molecule has 0 bridgehead atoms. The Kier molecular flexibility index (Phi) is 7.33. The number of benzene rings is 1. The van der Waals surface area contributed by atoms with E-state index in [0.29, 0.717) is 11.4 Å². The second-order valence-corrected chi connectivity index (χ2v) is 7.97. The molecular weight excluding hydrogens is 440 g/mol. The molecule has 0 radical (unpaired) electrons. The van der Waals surface area contributed by atoms with Gasteiger partial charge < -0.3 is 30.8 Å². The highest BCUT2D eigenvalue weighted by Crippen LogP contribution is 2.28. The van der Waals surface area contributed by atoms with Crippen LogP contribution in [0.5, 0.6) is 5.75 Å². The third-order valence-electron chi connectivity index (χ3n) is 5.50. The van der Waals surface area contributed by atoms with E-state index < -0.39 is 11.9 Å². The maximum absolute atomic E-state index is 12.5. The predicted molar refractivity (Wildman–Crippen MR) is 124 cm³/mol. The minimum Gasteiger partial charge on any atom is -0.482 e. The summed E-state index contributed by atoms with van der Waals surface area (Å²) in [6.07, 6.45) is 8.06. The third-order valence-corrected chi connectivity index (χ3v) is 5.50. The zero-order valence-corrected chi connectivity index (χ0v) is 18.5. The number of aromatic carboxylic acids is 1. The highest BCUT2D eigenvalue weighted by molar-refractivity contribution is 6.08. The molecule has 0 aliphatic carbocycles. The summed E-state index contributed by atoms with van der Waals surface area (Å²) in [7, 11) is 0. The molecular formula is C23H26N6O5. The number of aromatic amines is 1. The van der Waals surface area contributed by atoms with Crippen molar-refractivity contribution in [3.8, 4) is 5.75 Å². The minimum atomic E-state index is -1.15. The average Bonchev–Trinajstić information content (AvgIpc) is 3.05. The second kappa shape index (κ2) is 10.8. The first-order valence-corrected chi connectivity index (χ1v) is 11.1. The van der Waals surface area contributed by atoms with Crippen molar-refractivity contribution in [1.29, 1.82) is 0 Å². The number of anilines is 1. The summed E-state index contributed by atoms with van der Waals surface area (Å²) >= 11 is 0. The molecule has 2 aliphatic heterocycles. The van der Waals surface area contributed by atoms with Crippen LogP contribution in [0.4, 0.5) is 5.69 Å². The van der Waals surface area contributed by atoms with Crippen molar-refractivity contribution < 1.29 is 24.2 Å². The van der Waals surface area contributed by atoms with Crippen molar-refractivity contribution in [2.24, 2.45) is 0 Å². The van der Waals surface area contributed by atoms with Gasteiger partial charge in [-0.25, -0.2) is 14.8 Å². The van der Waals surface area contributed by atoms with Crippen LogP contribution in [0.15, 0.2) is 30.7 Å². The number of carboxylic acids is 1. The van der Waals surface area contributed by atoms with Gasteiger partial charge in [-0.1, -0.05) is 18.9 Å². The number of carboxylic acid groups (broad SMARTS) is 1. The largest absolute Gasteiger partial charge is 0.482 e. The molecule has 4 heterocycles. The Bertz CT molecular complexity index is 1190. The highest BCUT2D eigenvalue weighted by Gasteiger charge is 2.20. The van der Waals surface area contributed by atoms with Gasteiger partial charge in [0.2, 0.25) is 0 Å². The van der Waals surface area contributed by atoms with Crippen LogP contribution in [0.3, 0.4) is 0 Å². The van der Waals surface area contributed by atoms with Crippen molar-refractivity contribution in [3.63, 3.8) is 0 Å². The molecule has 178 valence electrons. The third kappa shape index (κ3) is 5.49. The van der Waals surface area contributed by atoms with Crippen LogP contribution in [-0.2, 0) is 11.3 Å². The number of fused-ring (bicyclic) bond motifs is 2. The van der Waals surface area contributed by atoms with Crippen LogP contribution in [0.2, 0.25) is 0 Å². The van der Waals surface area contributed by atoms with E-state index in [2.05, 4.69) is 30.9 Å². The van der Waals surface area contributed by atoms with Gasteiger partial charge in [-0.15, -0.1) is 0 Å². The van der Waals surface area contributed by atoms with Gasteiger partial charge in [0.15, 0.2) is 12.3 Å². The van der Waals surface area contributed by atoms with Gasteiger partial charge in [0.05, 0.1) is 11.2 Å². The zero-order valence-electron chi connectivity index (χ0n) is 18.5. The maximum atomic E-state index is 12.5. The molecule has 1 aromatic carbocycles. The van der Waals surface area contributed by atoms with E-state index in [4.69, 9.17) is 9.84 Å². The first-order valence-electron chi connectivity index (χ1n) is 11.1. The summed E-state index contributed by atoms with van der Waals surface area (Å²) in [5.41, 5.74) is 1.71. The average molecular weight is 466 g/mol. The van der Waals surface area contributed by atoms with Gasteiger partial charge in [0, 0.05) is 12.7 Å². The summed E-state index contributed by atoms with van der Waals surface area (Å²) in [6.45, 7) is 2.65. The van der Waals surface area contributed by atoms with Crippen molar-refractivity contribution >= 4 is 34.5 Å². The molecule has 2 amide bonds. The van der Waals surface area contributed by atoms with E-state index in [-0.39, 0.29) is 41.3 Å². The molecule has 5 rings (SSSR count). The Hall–Kier alpha value is -3.99. The molecule has 1 saturated heterocycles. The van der Waals surface area contributed by atoms with E-state index in [0.717, 1.165) is 11.9 Å². The molecule has 0 unspecified atom stereocenters. The number of rotatable bonds is 4. The van der Waals surface area contributed by atoms with Gasteiger partial charge in [0.25, 0.3) is 11.8 Å². The number of hydrogen-bond donors (Lipinski definition) is 5. The van der Waals surface area contributed by atoms with Crippen LogP contribution < -0.4 is 20.7 Å². The lowest BCUT2D eigenvalue weighted by atomic mass is 10.1. The standard InChI is InChI=1S/C17H13N5O5.C6H13N/c23-12-6-27-11-2-1-8(3-10(11)22-12)4-19-16(24)15-14-13(20-7-21-15)9(5-18-14)17(25)26;1-2-4-6-7-5-3-1/h1-3,5,7,18H,4,6H2,(H,19,24)(H,22,23)(H,25,26);7H,1-6H2. The number of nitrogens with zero attached hydrogens (tertiary/aromatic N) is 2. The predicted octanol–water partition coefficient (Wildman–Crippen LogP) is 2.07. The summed E-state index contributed by atoms with van der Waals surface area (Å²) in [4.78, 5) is 45.7. The van der Waals surface area contributed by atoms with Crippen LogP contribution in [-0.4, -0.2) is 57.5 Å².